The van der Waals surface area contributed by atoms with Gasteiger partial charge in [0.1, 0.15) is 11.6 Å². The number of carbonyl (C=O) groups is 2. The van der Waals surface area contributed by atoms with E-state index in [4.69, 9.17) is 17.0 Å². The number of hydrogen-bond acceptors (Lipinski definition) is 4. The van der Waals surface area contributed by atoms with E-state index in [1.165, 1.54) is 24.3 Å². The zero-order valence-corrected chi connectivity index (χ0v) is 22.3. The van der Waals surface area contributed by atoms with Gasteiger partial charge in [0.15, 0.2) is 5.11 Å². The second kappa shape index (κ2) is 12.5. The molecule has 0 aliphatic carbocycles. The van der Waals surface area contributed by atoms with E-state index >= 15 is 0 Å². The number of ether oxygens (including phenoxy) is 1. The molecule has 0 radical (unpaired) electrons. The van der Waals surface area contributed by atoms with Crippen LogP contribution in [0.5, 0.6) is 5.75 Å². The van der Waals surface area contributed by atoms with E-state index in [9.17, 15) is 14.0 Å². The Labute approximate surface area is 222 Å². The van der Waals surface area contributed by atoms with Crippen molar-refractivity contribution in [3.63, 3.8) is 0 Å². The summed E-state index contributed by atoms with van der Waals surface area (Å²) in [6.45, 7) is 8.27. The van der Waals surface area contributed by atoms with E-state index in [2.05, 4.69) is 16.0 Å². The van der Waals surface area contributed by atoms with Crippen LogP contribution in [-0.4, -0.2) is 23.5 Å². The Morgan fingerprint density at radius 2 is 1.68 bits per heavy atom. The van der Waals surface area contributed by atoms with E-state index in [-0.39, 0.29) is 22.7 Å². The number of carbonyl (C=O) groups excluding carboxylic acids is 2. The number of anilines is 2. The first-order valence-electron chi connectivity index (χ1n) is 12.0. The Morgan fingerprint density at radius 3 is 2.41 bits per heavy atom. The van der Waals surface area contributed by atoms with Gasteiger partial charge in [-0.3, -0.25) is 9.59 Å². The van der Waals surface area contributed by atoms with Gasteiger partial charge < -0.3 is 20.7 Å². The second-order valence-electron chi connectivity index (χ2n) is 9.55. The van der Waals surface area contributed by atoms with E-state index in [0.29, 0.717) is 36.4 Å². The molecule has 37 heavy (non-hydrogen) atoms. The van der Waals surface area contributed by atoms with Crippen LogP contribution in [0.1, 0.15) is 48.2 Å². The van der Waals surface area contributed by atoms with E-state index in [0.717, 1.165) is 16.9 Å². The molecular weight excluding hydrogens is 489 g/mol. The van der Waals surface area contributed by atoms with E-state index in [1.807, 2.05) is 45.9 Å². The molecule has 0 aliphatic heterocycles. The van der Waals surface area contributed by atoms with Crippen molar-refractivity contribution in [3.05, 3.63) is 89.2 Å². The Morgan fingerprint density at radius 1 is 0.946 bits per heavy atom. The van der Waals surface area contributed by atoms with Gasteiger partial charge in [-0.15, -0.1) is 0 Å². The summed E-state index contributed by atoms with van der Waals surface area (Å²) >= 11 is 5.33. The van der Waals surface area contributed by atoms with Crippen molar-refractivity contribution >= 4 is 40.5 Å². The predicted octanol–water partition coefficient (Wildman–Crippen LogP) is 6.39. The van der Waals surface area contributed by atoms with Crippen LogP contribution >= 0.6 is 12.2 Å². The quantitative estimate of drug-likeness (QED) is 0.225. The molecular formula is C29H32FN3O3S. The first-order chi connectivity index (χ1) is 17.5. The van der Waals surface area contributed by atoms with Gasteiger partial charge in [-0.2, -0.15) is 0 Å². The van der Waals surface area contributed by atoms with Crippen molar-refractivity contribution in [2.45, 2.75) is 40.5 Å². The average molecular weight is 522 g/mol. The minimum atomic E-state index is -0.659. The minimum Gasteiger partial charge on any atom is -0.493 e. The van der Waals surface area contributed by atoms with Gasteiger partial charge in [-0.1, -0.05) is 32.0 Å². The molecule has 3 rings (SSSR count). The Kier molecular flexibility index (Phi) is 9.36. The monoisotopic (exact) mass is 521 g/mol. The molecule has 0 unspecified atom stereocenters. The molecule has 0 saturated carbocycles. The minimum absolute atomic E-state index is 0.140. The molecule has 194 valence electrons. The highest BCUT2D eigenvalue weighted by atomic mass is 32.1. The van der Waals surface area contributed by atoms with Crippen LogP contribution in [0.4, 0.5) is 15.8 Å². The molecule has 3 aromatic carbocycles. The fourth-order valence-electron chi connectivity index (χ4n) is 3.58. The number of rotatable bonds is 9. The number of nitrogens with one attached hydrogen (secondary N) is 3. The van der Waals surface area contributed by atoms with Gasteiger partial charge in [0.25, 0.3) is 5.91 Å². The molecule has 0 atom stereocenters. The molecule has 0 aliphatic rings. The second-order valence-corrected chi connectivity index (χ2v) is 9.96. The van der Waals surface area contributed by atoms with Gasteiger partial charge >= 0.3 is 0 Å². The zero-order chi connectivity index (χ0) is 27.0. The lowest BCUT2D eigenvalue weighted by molar-refractivity contribution is -0.128. The average Bonchev–Trinajstić information content (AvgIpc) is 2.85. The van der Waals surface area contributed by atoms with Gasteiger partial charge in [0.2, 0.25) is 5.91 Å². The van der Waals surface area contributed by atoms with Gasteiger partial charge in [-0.05, 0) is 98.6 Å². The first kappa shape index (κ1) is 27.8. The maximum absolute atomic E-state index is 13.1. The van der Waals surface area contributed by atoms with E-state index < -0.39 is 5.41 Å². The standard InChI is InChI=1S/C29H32FN3O3S/c1-19-9-10-20(2)25(17-19)36-16-6-15-29(3,4)27(35)33-28(37)32-24-8-5-7-21(18-24)26(34)31-23-13-11-22(30)12-14-23/h5,7-14,17-18H,6,15-16H2,1-4H3,(H,31,34)(H2,32,33,35,37). The van der Waals surface area contributed by atoms with Crippen LogP contribution in [0.15, 0.2) is 66.7 Å². The molecule has 0 spiro atoms. The summed E-state index contributed by atoms with van der Waals surface area (Å²) in [5.41, 5.74) is 2.98. The van der Waals surface area contributed by atoms with Gasteiger partial charge in [0, 0.05) is 22.4 Å². The molecule has 8 heteroatoms. The van der Waals surface area contributed by atoms with E-state index in [1.54, 1.807) is 24.3 Å². The zero-order valence-electron chi connectivity index (χ0n) is 21.5. The van der Waals surface area contributed by atoms with Crippen LogP contribution in [0.3, 0.4) is 0 Å². The lowest BCUT2D eigenvalue weighted by Crippen LogP contribution is -2.42. The topological polar surface area (TPSA) is 79.5 Å². The highest BCUT2D eigenvalue weighted by molar-refractivity contribution is 7.80. The van der Waals surface area contributed by atoms with Crippen LogP contribution in [0.2, 0.25) is 0 Å². The fourth-order valence-corrected chi connectivity index (χ4v) is 3.79. The van der Waals surface area contributed by atoms with Crippen molar-refractivity contribution in [1.29, 1.82) is 0 Å². The molecule has 6 nitrogen and oxygen atoms in total. The molecule has 3 N–H and O–H groups in total. The summed E-state index contributed by atoms with van der Waals surface area (Å²) in [5, 5.41) is 8.55. The normalized spacial score (nSPS) is 10.9. The number of aryl methyl sites for hydroxylation is 2. The molecule has 0 bridgehead atoms. The molecule has 3 aromatic rings. The summed E-state index contributed by atoms with van der Waals surface area (Å²) in [4.78, 5) is 25.4. The molecule has 0 fully saturated rings. The Bertz CT molecular complexity index is 1280. The van der Waals surface area contributed by atoms with Crippen molar-refractivity contribution in [3.8, 4) is 5.75 Å². The third kappa shape index (κ3) is 8.39. The first-order valence-corrected chi connectivity index (χ1v) is 12.4. The Hall–Kier alpha value is -3.78. The summed E-state index contributed by atoms with van der Waals surface area (Å²) < 4.78 is 19.0. The largest absolute Gasteiger partial charge is 0.493 e. The highest BCUT2D eigenvalue weighted by Gasteiger charge is 2.28. The molecule has 0 saturated heterocycles. The highest BCUT2D eigenvalue weighted by Crippen LogP contribution is 2.24. The number of thiocarbonyl (C=S) groups is 1. The van der Waals surface area contributed by atoms with Gasteiger partial charge in [-0.25, -0.2) is 4.39 Å². The molecule has 2 amide bonds. The lowest BCUT2D eigenvalue weighted by atomic mass is 9.87. The summed E-state index contributed by atoms with van der Waals surface area (Å²) in [6, 6.07) is 18.3. The smallest absolute Gasteiger partial charge is 0.255 e. The van der Waals surface area contributed by atoms with Crippen molar-refractivity contribution < 1.29 is 18.7 Å². The van der Waals surface area contributed by atoms with Crippen molar-refractivity contribution in [2.24, 2.45) is 5.41 Å². The fraction of sp³-hybridized carbons (Fsp3) is 0.276. The summed E-state index contributed by atoms with van der Waals surface area (Å²) in [5.74, 6) is -0.0776. The van der Waals surface area contributed by atoms with Gasteiger partial charge in [0.05, 0.1) is 6.61 Å². The maximum Gasteiger partial charge on any atom is 0.255 e. The third-order valence-corrected chi connectivity index (χ3v) is 6.08. The van der Waals surface area contributed by atoms with Crippen LogP contribution in [0, 0.1) is 25.1 Å². The van der Waals surface area contributed by atoms with Crippen LogP contribution in [-0.2, 0) is 4.79 Å². The van der Waals surface area contributed by atoms with Crippen LogP contribution in [0.25, 0.3) is 0 Å². The SMILES string of the molecule is Cc1ccc(C)c(OCCCC(C)(C)C(=O)NC(=S)Nc2cccc(C(=O)Nc3ccc(F)cc3)c2)c1. The number of benzene rings is 3. The number of hydrogen-bond donors (Lipinski definition) is 3. The van der Waals surface area contributed by atoms with Crippen LogP contribution < -0.4 is 20.7 Å². The van der Waals surface area contributed by atoms with Crippen molar-refractivity contribution in [1.82, 2.24) is 5.32 Å². The number of halogens is 1. The number of amides is 2. The molecule has 0 heterocycles. The molecule has 0 aromatic heterocycles. The summed E-state index contributed by atoms with van der Waals surface area (Å²) in [7, 11) is 0. The Balaban J connectivity index is 1.48. The summed E-state index contributed by atoms with van der Waals surface area (Å²) in [6.07, 6.45) is 1.32. The lowest BCUT2D eigenvalue weighted by Gasteiger charge is -2.24. The predicted molar refractivity (Wildman–Crippen MR) is 150 cm³/mol. The third-order valence-electron chi connectivity index (χ3n) is 5.87. The van der Waals surface area contributed by atoms with Crippen molar-refractivity contribution in [2.75, 3.05) is 17.2 Å². The maximum atomic E-state index is 13.1.